The molecule has 0 N–H and O–H groups in total. The number of fused-ring (bicyclic) bond motifs is 4. The molecule has 31 heavy (non-hydrogen) atoms. The molecular weight excluding hydrogens is 386 g/mol. The lowest BCUT2D eigenvalue weighted by Crippen LogP contribution is -2.26. The molecule has 0 saturated carbocycles. The molecule has 0 aliphatic heterocycles. The van der Waals surface area contributed by atoms with Crippen molar-refractivity contribution in [3.63, 3.8) is 0 Å². The third-order valence-electron chi connectivity index (χ3n) is 6.09. The van der Waals surface area contributed by atoms with Crippen molar-refractivity contribution in [1.82, 2.24) is 24.1 Å². The summed E-state index contributed by atoms with van der Waals surface area (Å²) in [5.74, 6) is 0.701. The summed E-state index contributed by atoms with van der Waals surface area (Å²) in [4.78, 5) is 28.4. The monoisotopic (exact) mass is 411 g/mol. The van der Waals surface area contributed by atoms with Crippen LogP contribution in [0.4, 0.5) is 0 Å². The number of hydrogen-bond donors (Lipinski definition) is 0. The Morgan fingerprint density at radius 1 is 0.935 bits per heavy atom. The molecule has 0 bridgehead atoms. The smallest absolute Gasteiger partial charge is 0.265 e. The Labute approximate surface area is 180 Å². The Morgan fingerprint density at radius 3 is 2.39 bits per heavy atom. The Morgan fingerprint density at radius 2 is 1.68 bits per heavy atom. The fourth-order valence-electron chi connectivity index (χ4n) is 4.27. The number of aromatic nitrogens is 5. The van der Waals surface area contributed by atoms with Crippen LogP contribution in [0.1, 0.15) is 44.6 Å². The molecule has 2 aromatic carbocycles. The number of hydrogen-bond acceptors (Lipinski definition) is 4. The van der Waals surface area contributed by atoms with Gasteiger partial charge in [-0.2, -0.15) is 0 Å². The number of benzene rings is 2. The van der Waals surface area contributed by atoms with Gasteiger partial charge in [-0.15, -0.1) is 0 Å². The van der Waals surface area contributed by atoms with Gasteiger partial charge in [-0.05, 0) is 56.5 Å². The third-order valence-corrected chi connectivity index (χ3v) is 6.09. The van der Waals surface area contributed by atoms with E-state index in [-0.39, 0.29) is 11.6 Å². The van der Waals surface area contributed by atoms with E-state index in [4.69, 9.17) is 15.0 Å². The highest BCUT2D eigenvalue weighted by Gasteiger charge is 2.23. The molecule has 0 aliphatic carbocycles. The van der Waals surface area contributed by atoms with Crippen molar-refractivity contribution in [2.45, 2.75) is 46.6 Å². The summed E-state index contributed by atoms with van der Waals surface area (Å²) in [6.07, 6.45) is 1.77. The zero-order valence-electron chi connectivity index (χ0n) is 18.3. The minimum Gasteiger partial charge on any atom is -0.293 e. The maximum absolute atomic E-state index is 13.7. The quantitative estimate of drug-likeness (QED) is 0.411. The average molecular weight is 412 g/mol. The number of rotatable bonds is 4. The van der Waals surface area contributed by atoms with Crippen molar-refractivity contribution in [2.24, 2.45) is 0 Å². The lowest BCUT2D eigenvalue weighted by molar-refractivity contribution is 0.497. The topological polar surface area (TPSA) is 65.6 Å². The van der Waals surface area contributed by atoms with E-state index >= 15 is 0 Å². The van der Waals surface area contributed by atoms with Crippen LogP contribution in [0.2, 0.25) is 0 Å². The van der Waals surface area contributed by atoms with E-state index in [0.717, 1.165) is 29.6 Å². The molecular formula is C25H25N5O. The first-order valence-electron chi connectivity index (χ1n) is 10.8. The Hall–Kier alpha value is -3.54. The van der Waals surface area contributed by atoms with Crippen molar-refractivity contribution in [1.29, 1.82) is 0 Å². The maximum atomic E-state index is 13.7. The lowest BCUT2D eigenvalue weighted by Gasteiger charge is -2.16. The van der Waals surface area contributed by atoms with Gasteiger partial charge in [0.05, 0.1) is 11.0 Å². The molecule has 3 aromatic heterocycles. The predicted molar refractivity (Wildman–Crippen MR) is 125 cm³/mol. The zero-order valence-corrected chi connectivity index (χ0v) is 18.3. The second-order valence-corrected chi connectivity index (χ2v) is 8.03. The Balaban J connectivity index is 2.01. The van der Waals surface area contributed by atoms with Crippen molar-refractivity contribution in [2.75, 3.05) is 0 Å². The van der Waals surface area contributed by atoms with Crippen LogP contribution in [0.25, 0.3) is 38.9 Å². The van der Waals surface area contributed by atoms with Gasteiger partial charge in [-0.1, -0.05) is 38.1 Å². The summed E-state index contributed by atoms with van der Waals surface area (Å²) in [5, 5.41) is 0.529. The van der Waals surface area contributed by atoms with Crippen molar-refractivity contribution < 1.29 is 0 Å². The van der Waals surface area contributed by atoms with Crippen LogP contribution < -0.4 is 5.56 Å². The summed E-state index contributed by atoms with van der Waals surface area (Å²) >= 11 is 0. The first kappa shape index (κ1) is 19.4. The standard InChI is InChI=1S/C25H25N5O/c1-5-15(3)29-16(4)26-23-21(25(29)31)22-24(28-20-13-8-7-12-19(20)27-22)30(23)18-11-9-10-17(6-2)14-18/h7-15H,5-6H2,1-4H3. The molecule has 0 spiro atoms. The summed E-state index contributed by atoms with van der Waals surface area (Å²) in [7, 11) is 0. The fraction of sp³-hybridized carbons (Fsp3) is 0.280. The molecule has 6 nitrogen and oxygen atoms in total. The first-order valence-corrected chi connectivity index (χ1v) is 10.8. The first-order chi connectivity index (χ1) is 15.0. The molecule has 1 atom stereocenters. The summed E-state index contributed by atoms with van der Waals surface area (Å²) in [6, 6.07) is 16.1. The summed E-state index contributed by atoms with van der Waals surface area (Å²) in [6.45, 7) is 8.15. The highest BCUT2D eigenvalue weighted by Crippen LogP contribution is 2.29. The van der Waals surface area contributed by atoms with Crippen molar-refractivity contribution in [3.05, 3.63) is 70.3 Å². The van der Waals surface area contributed by atoms with Crippen LogP contribution in [0.15, 0.2) is 53.3 Å². The zero-order chi connectivity index (χ0) is 21.7. The van der Waals surface area contributed by atoms with Crippen molar-refractivity contribution >= 4 is 33.2 Å². The van der Waals surface area contributed by atoms with Crippen LogP contribution in [0, 0.1) is 6.92 Å². The van der Waals surface area contributed by atoms with Crippen LogP contribution in [0.3, 0.4) is 0 Å². The van der Waals surface area contributed by atoms with Gasteiger partial charge in [-0.3, -0.25) is 13.9 Å². The lowest BCUT2D eigenvalue weighted by atomic mass is 10.1. The average Bonchev–Trinajstić information content (AvgIpc) is 3.10. The fourth-order valence-corrected chi connectivity index (χ4v) is 4.27. The van der Waals surface area contributed by atoms with Gasteiger partial charge in [0.1, 0.15) is 16.7 Å². The minimum atomic E-state index is -0.0585. The number of aryl methyl sites for hydroxylation is 2. The van der Waals surface area contributed by atoms with Gasteiger partial charge in [0, 0.05) is 11.7 Å². The van der Waals surface area contributed by atoms with E-state index in [9.17, 15) is 4.79 Å². The molecule has 6 heteroatoms. The molecule has 5 rings (SSSR count). The van der Waals surface area contributed by atoms with Gasteiger partial charge in [0.2, 0.25) is 0 Å². The van der Waals surface area contributed by atoms with Gasteiger partial charge in [0.25, 0.3) is 5.56 Å². The van der Waals surface area contributed by atoms with Crippen LogP contribution >= 0.6 is 0 Å². The maximum Gasteiger partial charge on any atom is 0.265 e. The molecule has 0 amide bonds. The van der Waals surface area contributed by atoms with E-state index < -0.39 is 0 Å². The van der Waals surface area contributed by atoms with E-state index in [1.54, 1.807) is 4.57 Å². The summed E-state index contributed by atoms with van der Waals surface area (Å²) in [5.41, 5.74) is 5.54. The normalized spacial score (nSPS) is 12.8. The molecule has 5 aromatic rings. The van der Waals surface area contributed by atoms with Crippen LogP contribution in [-0.2, 0) is 6.42 Å². The van der Waals surface area contributed by atoms with Gasteiger partial charge in [-0.25, -0.2) is 15.0 Å². The van der Waals surface area contributed by atoms with Gasteiger partial charge < -0.3 is 0 Å². The molecule has 0 radical (unpaired) electrons. The molecule has 3 heterocycles. The van der Waals surface area contributed by atoms with Crippen LogP contribution in [-0.4, -0.2) is 24.1 Å². The number of para-hydroxylation sites is 2. The second-order valence-electron chi connectivity index (χ2n) is 8.03. The van der Waals surface area contributed by atoms with E-state index in [1.165, 1.54) is 5.56 Å². The van der Waals surface area contributed by atoms with E-state index in [0.29, 0.717) is 28.0 Å². The molecule has 1 unspecified atom stereocenters. The Bertz CT molecular complexity index is 1510. The third kappa shape index (κ3) is 2.93. The van der Waals surface area contributed by atoms with Crippen LogP contribution in [0.5, 0.6) is 0 Å². The summed E-state index contributed by atoms with van der Waals surface area (Å²) < 4.78 is 3.77. The molecule has 0 aliphatic rings. The largest absolute Gasteiger partial charge is 0.293 e. The molecule has 0 fully saturated rings. The predicted octanol–water partition coefficient (Wildman–Crippen LogP) is 5.13. The van der Waals surface area contributed by atoms with E-state index in [1.807, 2.05) is 54.8 Å². The second kappa shape index (κ2) is 7.30. The Kier molecular flexibility index (Phi) is 4.58. The van der Waals surface area contributed by atoms with Crippen molar-refractivity contribution in [3.8, 4) is 5.69 Å². The number of nitrogens with zero attached hydrogens (tertiary/aromatic N) is 5. The van der Waals surface area contributed by atoms with E-state index in [2.05, 4.69) is 26.0 Å². The highest BCUT2D eigenvalue weighted by atomic mass is 16.1. The minimum absolute atomic E-state index is 0.0552. The molecule has 0 saturated heterocycles. The SMILES string of the molecule is CCc1cccc(-n2c3nc4ccccc4nc3c3c(=O)n(C(C)CC)c(C)nc32)c1. The van der Waals surface area contributed by atoms with Gasteiger partial charge >= 0.3 is 0 Å². The highest BCUT2D eigenvalue weighted by molar-refractivity contribution is 6.05. The molecule has 156 valence electrons. The van der Waals surface area contributed by atoms with Gasteiger partial charge in [0.15, 0.2) is 11.3 Å².